The van der Waals surface area contributed by atoms with Gasteiger partial charge in [0.25, 0.3) is 5.91 Å². The summed E-state index contributed by atoms with van der Waals surface area (Å²) in [6, 6.07) is 9.04. The fourth-order valence-electron chi connectivity index (χ4n) is 1.70. The van der Waals surface area contributed by atoms with Gasteiger partial charge in [-0.3, -0.25) is 9.89 Å². The smallest absolute Gasteiger partial charge is 0.256 e. The summed E-state index contributed by atoms with van der Waals surface area (Å²) >= 11 is 5.72. The molecule has 2 N–H and O–H groups in total. The molecule has 1 aromatic heterocycles. The van der Waals surface area contributed by atoms with Crippen molar-refractivity contribution in [1.29, 1.82) is 0 Å². The molecule has 0 fully saturated rings. The molecule has 0 aliphatic carbocycles. The molecule has 20 heavy (non-hydrogen) atoms. The highest BCUT2D eigenvalue weighted by Crippen LogP contribution is 2.22. The molecular formula is C15H18ClN3O. The standard InChI is InChI=1S/C15H18ClN3O/c1-15(2,3)12-8-13(19-18-12)17-14(20)11-6-4-10(9-16)5-7-11/h4-8H,9H2,1-3H3,(H2,17,18,19,20). The minimum Gasteiger partial charge on any atom is -0.305 e. The summed E-state index contributed by atoms with van der Waals surface area (Å²) in [6.07, 6.45) is 0. The number of carbonyl (C=O) groups is 1. The number of aromatic nitrogens is 2. The van der Waals surface area contributed by atoms with E-state index in [1.807, 2.05) is 18.2 Å². The van der Waals surface area contributed by atoms with Gasteiger partial charge < -0.3 is 5.32 Å². The van der Waals surface area contributed by atoms with Crippen LogP contribution in [0.4, 0.5) is 5.82 Å². The summed E-state index contributed by atoms with van der Waals surface area (Å²) in [6.45, 7) is 6.24. The largest absolute Gasteiger partial charge is 0.305 e. The number of aromatic amines is 1. The molecule has 0 aliphatic heterocycles. The second-order valence-corrected chi connectivity index (χ2v) is 5.97. The van der Waals surface area contributed by atoms with Gasteiger partial charge >= 0.3 is 0 Å². The highest BCUT2D eigenvalue weighted by atomic mass is 35.5. The molecule has 0 saturated heterocycles. The Morgan fingerprint density at radius 2 is 1.95 bits per heavy atom. The molecule has 0 bridgehead atoms. The van der Waals surface area contributed by atoms with Crippen molar-refractivity contribution in [1.82, 2.24) is 10.2 Å². The maximum absolute atomic E-state index is 12.1. The van der Waals surface area contributed by atoms with Crippen molar-refractivity contribution in [2.75, 3.05) is 5.32 Å². The SMILES string of the molecule is CC(C)(C)c1cc(NC(=O)c2ccc(CCl)cc2)n[nH]1. The lowest BCUT2D eigenvalue weighted by Crippen LogP contribution is -2.12. The maximum atomic E-state index is 12.1. The van der Waals surface area contributed by atoms with Gasteiger partial charge in [0.15, 0.2) is 5.82 Å². The van der Waals surface area contributed by atoms with Crippen molar-refractivity contribution in [2.45, 2.75) is 32.1 Å². The number of halogens is 1. The number of anilines is 1. The molecule has 4 nitrogen and oxygen atoms in total. The normalized spacial score (nSPS) is 11.4. The highest BCUT2D eigenvalue weighted by molar-refractivity contribution is 6.17. The summed E-state index contributed by atoms with van der Waals surface area (Å²) in [5.74, 6) is 0.787. The lowest BCUT2D eigenvalue weighted by molar-refractivity contribution is 0.102. The first-order valence-corrected chi connectivity index (χ1v) is 6.96. The van der Waals surface area contributed by atoms with Gasteiger partial charge in [0.1, 0.15) is 0 Å². The number of nitrogens with zero attached hydrogens (tertiary/aromatic N) is 1. The van der Waals surface area contributed by atoms with E-state index in [4.69, 9.17) is 11.6 Å². The van der Waals surface area contributed by atoms with Gasteiger partial charge in [-0.1, -0.05) is 32.9 Å². The first-order valence-electron chi connectivity index (χ1n) is 6.42. The van der Waals surface area contributed by atoms with Crippen LogP contribution in [-0.4, -0.2) is 16.1 Å². The van der Waals surface area contributed by atoms with Crippen LogP contribution in [0.15, 0.2) is 30.3 Å². The van der Waals surface area contributed by atoms with Gasteiger partial charge in [0.05, 0.1) is 0 Å². The second-order valence-electron chi connectivity index (χ2n) is 5.70. The first kappa shape index (κ1) is 14.6. The first-order chi connectivity index (χ1) is 9.40. The average Bonchev–Trinajstić information content (AvgIpc) is 2.87. The molecule has 0 aliphatic rings. The van der Waals surface area contributed by atoms with Gasteiger partial charge in [-0.05, 0) is 17.7 Å². The Morgan fingerprint density at radius 3 is 2.45 bits per heavy atom. The molecule has 1 heterocycles. The van der Waals surface area contributed by atoms with Crippen LogP contribution in [0.1, 0.15) is 42.4 Å². The Bertz CT molecular complexity index is 596. The zero-order chi connectivity index (χ0) is 14.8. The summed E-state index contributed by atoms with van der Waals surface area (Å²) in [5, 5.41) is 9.82. The van der Waals surface area contributed by atoms with E-state index >= 15 is 0 Å². The van der Waals surface area contributed by atoms with E-state index in [1.54, 1.807) is 12.1 Å². The van der Waals surface area contributed by atoms with Gasteiger partial charge in [-0.2, -0.15) is 5.10 Å². The molecule has 106 valence electrons. The Balaban J connectivity index is 2.09. The number of carbonyl (C=O) groups excluding carboxylic acids is 1. The topological polar surface area (TPSA) is 57.8 Å². The number of rotatable bonds is 3. The van der Waals surface area contributed by atoms with Gasteiger partial charge in [0, 0.05) is 28.6 Å². The Labute approximate surface area is 123 Å². The molecule has 0 spiro atoms. The summed E-state index contributed by atoms with van der Waals surface area (Å²) < 4.78 is 0. The van der Waals surface area contributed by atoms with Crippen LogP contribution in [0.3, 0.4) is 0 Å². The summed E-state index contributed by atoms with van der Waals surface area (Å²) in [7, 11) is 0. The molecule has 1 aromatic carbocycles. The third-order valence-electron chi connectivity index (χ3n) is 3.00. The third-order valence-corrected chi connectivity index (χ3v) is 3.31. The van der Waals surface area contributed by atoms with Crippen molar-refractivity contribution in [3.63, 3.8) is 0 Å². The lowest BCUT2D eigenvalue weighted by Gasteiger charge is -2.14. The van der Waals surface area contributed by atoms with E-state index in [9.17, 15) is 4.79 Å². The summed E-state index contributed by atoms with van der Waals surface area (Å²) in [4.78, 5) is 12.1. The average molecular weight is 292 g/mol. The molecule has 0 unspecified atom stereocenters. The van der Waals surface area contributed by atoms with Crippen molar-refractivity contribution in [3.05, 3.63) is 47.2 Å². The fraction of sp³-hybridized carbons (Fsp3) is 0.333. The van der Waals surface area contributed by atoms with Gasteiger partial charge in [0.2, 0.25) is 0 Å². The summed E-state index contributed by atoms with van der Waals surface area (Å²) in [5.41, 5.74) is 2.51. The van der Waals surface area contributed by atoms with Crippen LogP contribution in [0.25, 0.3) is 0 Å². The lowest BCUT2D eigenvalue weighted by atomic mass is 9.92. The van der Waals surface area contributed by atoms with Crippen LogP contribution in [0.2, 0.25) is 0 Å². The monoisotopic (exact) mass is 291 g/mol. The van der Waals surface area contributed by atoms with E-state index in [0.717, 1.165) is 11.3 Å². The van der Waals surface area contributed by atoms with Gasteiger partial charge in [-0.15, -0.1) is 11.6 Å². The molecule has 0 saturated carbocycles. The molecule has 5 heteroatoms. The predicted octanol–water partition coefficient (Wildman–Crippen LogP) is 3.70. The Hall–Kier alpha value is -1.81. The maximum Gasteiger partial charge on any atom is 0.256 e. The van der Waals surface area contributed by atoms with E-state index in [0.29, 0.717) is 17.3 Å². The van der Waals surface area contributed by atoms with Crippen molar-refractivity contribution in [3.8, 4) is 0 Å². The number of benzene rings is 1. The van der Waals surface area contributed by atoms with E-state index < -0.39 is 0 Å². The van der Waals surface area contributed by atoms with E-state index in [1.165, 1.54) is 0 Å². The van der Waals surface area contributed by atoms with Crippen LogP contribution >= 0.6 is 11.6 Å². The molecular weight excluding hydrogens is 274 g/mol. The Morgan fingerprint density at radius 1 is 1.30 bits per heavy atom. The van der Waals surface area contributed by atoms with Crippen LogP contribution < -0.4 is 5.32 Å². The number of hydrogen-bond donors (Lipinski definition) is 2. The van der Waals surface area contributed by atoms with Gasteiger partial charge in [-0.25, -0.2) is 0 Å². The van der Waals surface area contributed by atoms with Crippen molar-refractivity contribution in [2.24, 2.45) is 0 Å². The number of nitrogens with one attached hydrogen (secondary N) is 2. The van der Waals surface area contributed by atoms with E-state index in [-0.39, 0.29) is 11.3 Å². The molecule has 1 amide bonds. The minimum atomic E-state index is -0.182. The molecule has 2 rings (SSSR count). The zero-order valence-corrected chi connectivity index (χ0v) is 12.6. The molecule has 0 atom stereocenters. The number of H-pyrrole nitrogens is 1. The number of amides is 1. The molecule has 0 radical (unpaired) electrons. The van der Waals surface area contributed by atoms with Crippen LogP contribution in [0.5, 0.6) is 0 Å². The van der Waals surface area contributed by atoms with Crippen LogP contribution in [-0.2, 0) is 11.3 Å². The number of alkyl halides is 1. The van der Waals surface area contributed by atoms with E-state index in [2.05, 4.69) is 36.3 Å². The Kier molecular flexibility index (Phi) is 4.14. The minimum absolute atomic E-state index is 0.0298. The fourth-order valence-corrected chi connectivity index (χ4v) is 1.88. The predicted molar refractivity (Wildman–Crippen MR) is 81.2 cm³/mol. The second kappa shape index (κ2) is 5.67. The van der Waals surface area contributed by atoms with Crippen LogP contribution in [0, 0.1) is 0 Å². The molecule has 2 aromatic rings. The zero-order valence-electron chi connectivity index (χ0n) is 11.8. The highest BCUT2D eigenvalue weighted by Gasteiger charge is 2.17. The van der Waals surface area contributed by atoms with Crippen molar-refractivity contribution < 1.29 is 4.79 Å². The third kappa shape index (κ3) is 3.39. The van der Waals surface area contributed by atoms with Crippen molar-refractivity contribution >= 4 is 23.3 Å². The quantitative estimate of drug-likeness (QED) is 0.847. The number of hydrogen-bond acceptors (Lipinski definition) is 2.